The van der Waals surface area contributed by atoms with E-state index >= 15 is 0 Å². The van der Waals surface area contributed by atoms with E-state index in [4.69, 9.17) is 0 Å². The fourth-order valence-electron chi connectivity index (χ4n) is 3.86. The highest BCUT2D eigenvalue weighted by Crippen LogP contribution is 2.35. The summed E-state index contributed by atoms with van der Waals surface area (Å²) in [7, 11) is 0. The molecule has 1 aliphatic heterocycles. The molecule has 1 fully saturated rings. The predicted octanol–water partition coefficient (Wildman–Crippen LogP) is 3.47. The average molecular weight is 273 g/mol. The molecule has 2 unspecified atom stereocenters. The molecule has 3 heteroatoms. The lowest BCUT2D eigenvalue weighted by molar-refractivity contribution is -0.142. The van der Waals surface area contributed by atoms with Gasteiger partial charge in [0.1, 0.15) is 0 Å². The molecule has 0 amide bonds. The summed E-state index contributed by atoms with van der Waals surface area (Å²) in [6, 6.07) is 8.69. The van der Waals surface area contributed by atoms with E-state index in [2.05, 4.69) is 29.2 Å². The summed E-state index contributed by atoms with van der Waals surface area (Å²) in [4.78, 5) is 14.0. The smallest absolute Gasteiger partial charge is 0.308 e. The van der Waals surface area contributed by atoms with E-state index in [1.165, 1.54) is 17.7 Å². The maximum atomic E-state index is 11.6. The van der Waals surface area contributed by atoms with Crippen LogP contribution >= 0.6 is 0 Å². The zero-order valence-corrected chi connectivity index (χ0v) is 11.9. The maximum Gasteiger partial charge on any atom is 0.308 e. The van der Waals surface area contributed by atoms with Crippen LogP contribution in [0.15, 0.2) is 24.3 Å². The van der Waals surface area contributed by atoms with Gasteiger partial charge in [-0.2, -0.15) is 0 Å². The van der Waals surface area contributed by atoms with Crippen molar-refractivity contribution in [3.8, 4) is 0 Å². The molecule has 1 aliphatic carbocycles. The second-order valence-electron chi connectivity index (χ2n) is 6.08. The summed E-state index contributed by atoms with van der Waals surface area (Å²) in [5.74, 6) is -0.816. The van der Waals surface area contributed by atoms with E-state index in [1.54, 1.807) is 0 Å². The van der Waals surface area contributed by atoms with E-state index < -0.39 is 5.97 Å². The van der Waals surface area contributed by atoms with Crippen molar-refractivity contribution in [1.29, 1.82) is 0 Å². The number of nitrogens with zero attached hydrogens (tertiary/aromatic N) is 1. The van der Waals surface area contributed by atoms with Gasteiger partial charge in [-0.1, -0.05) is 37.5 Å². The standard InChI is InChI=1S/C17H23NO2/c19-17(20)14-9-2-1-3-11-16(14)18-12-6-8-13-7-4-5-10-15(13)18/h4-5,7,10,14,16H,1-3,6,8-9,11-12H2,(H,19,20). The van der Waals surface area contributed by atoms with Crippen LogP contribution in [0.4, 0.5) is 5.69 Å². The first-order chi connectivity index (χ1) is 9.77. The Morgan fingerprint density at radius 2 is 1.90 bits per heavy atom. The van der Waals surface area contributed by atoms with Crippen LogP contribution in [0.25, 0.3) is 0 Å². The van der Waals surface area contributed by atoms with Crippen LogP contribution < -0.4 is 4.90 Å². The number of aliphatic carboxylic acids is 1. The lowest BCUT2D eigenvalue weighted by atomic mass is 9.90. The molecule has 0 aromatic heterocycles. The van der Waals surface area contributed by atoms with Crippen molar-refractivity contribution in [2.45, 2.75) is 51.0 Å². The highest BCUT2D eigenvalue weighted by Gasteiger charge is 2.35. The summed E-state index contributed by atoms with van der Waals surface area (Å²) < 4.78 is 0. The Kier molecular flexibility index (Phi) is 3.95. The van der Waals surface area contributed by atoms with Gasteiger partial charge in [-0.05, 0) is 37.3 Å². The Hall–Kier alpha value is -1.51. The van der Waals surface area contributed by atoms with Crippen LogP contribution in [0.3, 0.4) is 0 Å². The number of para-hydroxylation sites is 1. The third kappa shape index (κ3) is 2.54. The Morgan fingerprint density at radius 3 is 2.75 bits per heavy atom. The van der Waals surface area contributed by atoms with Crippen molar-refractivity contribution < 1.29 is 9.90 Å². The van der Waals surface area contributed by atoms with Crippen molar-refractivity contribution in [2.75, 3.05) is 11.4 Å². The van der Waals surface area contributed by atoms with E-state index in [0.717, 1.165) is 45.1 Å². The van der Waals surface area contributed by atoms with Gasteiger partial charge in [0.15, 0.2) is 0 Å². The number of rotatable bonds is 2. The van der Waals surface area contributed by atoms with E-state index in [9.17, 15) is 9.90 Å². The molecule has 2 atom stereocenters. The van der Waals surface area contributed by atoms with Crippen LogP contribution in [0.5, 0.6) is 0 Å². The zero-order valence-electron chi connectivity index (χ0n) is 11.9. The summed E-state index contributed by atoms with van der Waals surface area (Å²) >= 11 is 0. The highest BCUT2D eigenvalue weighted by molar-refractivity contribution is 5.72. The molecule has 0 radical (unpaired) electrons. The summed E-state index contributed by atoms with van der Waals surface area (Å²) in [6.07, 6.45) is 7.51. The first-order valence-electron chi connectivity index (χ1n) is 7.85. The van der Waals surface area contributed by atoms with Gasteiger partial charge < -0.3 is 10.0 Å². The molecular formula is C17H23NO2. The van der Waals surface area contributed by atoms with Gasteiger partial charge in [-0.25, -0.2) is 0 Å². The van der Waals surface area contributed by atoms with Crippen molar-refractivity contribution >= 4 is 11.7 Å². The molecule has 108 valence electrons. The molecule has 3 nitrogen and oxygen atoms in total. The number of hydrogen-bond donors (Lipinski definition) is 1. The molecule has 1 saturated carbocycles. The van der Waals surface area contributed by atoms with Gasteiger partial charge in [0.25, 0.3) is 0 Å². The molecule has 1 heterocycles. The molecule has 1 aromatic carbocycles. The number of carbonyl (C=O) groups is 1. The topological polar surface area (TPSA) is 40.5 Å². The molecule has 0 spiro atoms. The van der Waals surface area contributed by atoms with Crippen molar-refractivity contribution in [3.05, 3.63) is 29.8 Å². The quantitative estimate of drug-likeness (QED) is 0.839. The van der Waals surface area contributed by atoms with Crippen molar-refractivity contribution in [3.63, 3.8) is 0 Å². The van der Waals surface area contributed by atoms with E-state index in [1.807, 2.05) is 0 Å². The van der Waals surface area contributed by atoms with E-state index in [0.29, 0.717) is 0 Å². The van der Waals surface area contributed by atoms with Gasteiger partial charge in [-0.3, -0.25) is 4.79 Å². The van der Waals surface area contributed by atoms with Crippen LogP contribution in [0, 0.1) is 5.92 Å². The van der Waals surface area contributed by atoms with Crippen molar-refractivity contribution in [1.82, 2.24) is 0 Å². The van der Waals surface area contributed by atoms with Crippen LogP contribution in [0.1, 0.15) is 44.1 Å². The first-order valence-corrected chi connectivity index (χ1v) is 7.85. The number of carboxylic acids is 1. The Bertz CT molecular complexity index is 486. The molecule has 3 rings (SSSR count). The Morgan fingerprint density at radius 1 is 1.10 bits per heavy atom. The predicted molar refractivity (Wildman–Crippen MR) is 80.1 cm³/mol. The molecule has 1 aromatic rings. The summed E-state index contributed by atoms with van der Waals surface area (Å²) in [6.45, 7) is 1.01. The number of aryl methyl sites for hydroxylation is 1. The Labute approximate surface area is 120 Å². The third-order valence-electron chi connectivity index (χ3n) is 4.84. The van der Waals surface area contributed by atoms with Gasteiger partial charge >= 0.3 is 5.97 Å². The molecule has 0 bridgehead atoms. The van der Waals surface area contributed by atoms with Crippen LogP contribution in [-0.4, -0.2) is 23.7 Å². The Balaban J connectivity index is 1.92. The van der Waals surface area contributed by atoms with Gasteiger partial charge in [0, 0.05) is 18.3 Å². The van der Waals surface area contributed by atoms with Gasteiger partial charge in [-0.15, -0.1) is 0 Å². The monoisotopic (exact) mass is 273 g/mol. The molecular weight excluding hydrogens is 250 g/mol. The highest BCUT2D eigenvalue weighted by atomic mass is 16.4. The SMILES string of the molecule is O=C(O)C1CCCCCC1N1CCCc2ccccc21. The summed E-state index contributed by atoms with van der Waals surface area (Å²) in [5.41, 5.74) is 2.66. The van der Waals surface area contributed by atoms with Crippen molar-refractivity contribution in [2.24, 2.45) is 5.92 Å². The average Bonchev–Trinajstić information content (AvgIpc) is 2.72. The zero-order chi connectivity index (χ0) is 13.9. The number of anilines is 1. The fraction of sp³-hybridized carbons (Fsp3) is 0.588. The molecule has 1 N–H and O–H groups in total. The van der Waals surface area contributed by atoms with Crippen LogP contribution in [0.2, 0.25) is 0 Å². The summed E-state index contributed by atoms with van der Waals surface area (Å²) in [5, 5.41) is 9.59. The van der Waals surface area contributed by atoms with E-state index in [-0.39, 0.29) is 12.0 Å². The number of fused-ring (bicyclic) bond motifs is 1. The largest absolute Gasteiger partial charge is 0.481 e. The fourth-order valence-corrected chi connectivity index (χ4v) is 3.86. The number of hydrogen-bond acceptors (Lipinski definition) is 2. The number of benzene rings is 1. The molecule has 2 aliphatic rings. The normalized spacial score (nSPS) is 26.7. The minimum atomic E-state index is -0.611. The van der Waals surface area contributed by atoms with Gasteiger partial charge in [0.05, 0.1) is 5.92 Å². The first kappa shape index (κ1) is 13.5. The second-order valence-corrected chi connectivity index (χ2v) is 6.08. The lowest BCUT2D eigenvalue weighted by Gasteiger charge is -2.40. The molecule has 20 heavy (non-hydrogen) atoms. The molecule has 0 saturated heterocycles. The second kappa shape index (κ2) is 5.86. The third-order valence-corrected chi connectivity index (χ3v) is 4.84. The lowest BCUT2D eigenvalue weighted by Crippen LogP contribution is -2.45. The van der Waals surface area contributed by atoms with Crippen LogP contribution in [-0.2, 0) is 11.2 Å². The number of carboxylic acid groups (broad SMARTS) is 1. The maximum absolute atomic E-state index is 11.6. The van der Waals surface area contributed by atoms with Gasteiger partial charge in [0.2, 0.25) is 0 Å². The minimum Gasteiger partial charge on any atom is -0.481 e. The minimum absolute atomic E-state index is 0.177.